The van der Waals surface area contributed by atoms with Gasteiger partial charge in [0.25, 0.3) is 0 Å². The summed E-state index contributed by atoms with van der Waals surface area (Å²) in [6.45, 7) is 8.64. The van der Waals surface area contributed by atoms with Gasteiger partial charge in [-0.25, -0.2) is 9.59 Å². The molecule has 2 aromatic rings. The van der Waals surface area contributed by atoms with Crippen molar-refractivity contribution in [1.82, 2.24) is 4.98 Å². The van der Waals surface area contributed by atoms with E-state index < -0.39 is 138 Å². The standard InChI is InChI=1S/C43H49NO18/c1-20-21(2)37(50)61-34-32(56-23(4)46)36(59-26(7)49)42(19-54-22(3)45)35(58-25(6)48)31(60-38(51)27-14-11-10-12-15-27)29-33(57-24(5)47)43(42,41(34,9)53)62-40(29,8)18-55-39(52)28-16-13-17-44-30(20)28/h10-17,20-21,29,31-36,53H,18-19H2,1-9H3/t20-,21+,29-,31+,32+,33-,34+,35-,36+,40+,41+,42-,43+/m1/s1. The van der Waals surface area contributed by atoms with Gasteiger partial charge in [-0.3, -0.25) is 33.8 Å². The maximum atomic E-state index is 14.5. The summed E-state index contributed by atoms with van der Waals surface area (Å²) in [4.78, 5) is 114. The third kappa shape index (κ3) is 7.43. The zero-order valence-electron chi connectivity index (χ0n) is 35.6. The van der Waals surface area contributed by atoms with Crippen molar-refractivity contribution in [3.8, 4) is 0 Å². The Balaban J connectivity index is 1.80. The summed E-state index contributed by atoms with van der Waals surface area (Å²) < 4.78 is 55.4. The van der Waals surface area contributed by atoms with Crippen molar-refractivity contribution in [2.75, 3.05) is 13.2 Å². The van der Waals surface area contributed by atoms with Gasteiger partial charge >= 0.3 is 47.8 Å². The van der Waals surface area contributed by atoms with E-state index in [1.165, 1.54) is 44.3 Å². The van der Waals surface area contributed by atoms with E-state index in [2.05, 4.69) is 4.98 Å². The van der Waals surface area contributed by atoms with Crippen molar-refractivity contribution in [2.24, 2.45) is 17.3 Å². The summed E-state index contributed by atoms with van der Waals surface area (Å²) >= 11 is 0. The molecular weight excluding hydrogens is 818 g/mol. The average Bonchev–Trinajstić information content (AvgIpc) is 3.42. The summed E-state index contributed by atoms with van der Waals surface area (Å²) in [7, 11) is 0. The monoisotopic (exact) mass is 867 g/mol. The van der Waals surface area contributed by atoms with E-state index in [1.807, 2.05) is 0 Å². The highest BCUT2D eigenvalue weighted by molar-refractivity contribution is 5.91. The molecule has 1 aromatic heterocycles. The van der Waals surface area contributed by atoms with Crippen LogP contribution in [0.3, 0.4) is 0 Å². The van der Waals surface area contributed by atoms with Gasteiger partial charge in [-0.2, -0.15) is 0 Å². The first-order valence-corrected chi connectivity index (χ1v) is 19.9. The van der Waals surface area contributed by atoms with E-state index in [0.29, 0.717) is 0 Å². The number of nitrogens with zero attached hydrogens (tertiary/aromatic N) is 1. The number of hydrogen-bond acceptors (Lipinski definition) is 19. The van der Waals surface area contributed by atoms with Crippen LogP contribution in [0.2, 0.25) is 0 Å². The van der Waals surface area contributed by atoms with E-state index in [9.17, 15) is 43.5 Å². The minimum absolute atomic E-state index is 0.0151. The molecule has 13 atom stereocenters. The molecule has 19 nitrogen and oxygen atoms in total. The Morgan fingerprint density at radius 1 is 0.742 bits per heavy atom. The lowest BCUT2D eigenvalue weighted by atomic mass is 9.45. The minimum Gasteiger partial charge on any atom is -0.465 e. The fourth-order valence-corrected chi connectivity index (χ4v) is 9.82. The molecule has 62 heavy (non-hydrogen) atoms. The molecule has 2 aliphatic heterocycles. The number of ether oxygens (including phenoxy) is 9. The van der Waals surface area contributed by atoms with Gasteiger partial charge in [-0.1, -0.05) is 32.0 Å². The molecule has 0 amide bonds. The largest absolute Gasteiger partial charge is 0.465 e. The third-order valence-electron chi connectivity index (χ3n) is 12.4. The number of carbonyl (C=O) groups is 8. The Bertz CT molecular complexity index is 2160. The van der Waals surface area contributed by atoms with Crippen molar-refractivity contribution >= 4 is 47.8 Å². The SMILES string of the molecule is CC(=O)OC[C@]12[C@H](OC(C)=O)[C@@H](OC(=O)c3ccccc3)[C@@H]3[C@@H](OC(C)=O)[C@@]14O[C@@]3(C)COC(=O)c1cccnc1[C@H](C)[C@H](C)C(=O)O[C@@H]([C@H](OC(C)=O)[C@@H]2OC(C)=O)[C@]4(C)O. The van der Waals surface area contributed by atoms with Crippen LogP contribution in [0.25, 0.3) is 0 Å². The summed E-state index contributed by atoms with van der Waals surface area (Å²) in [5, 5.41) is 13.6. The number of benzene rings is 1. The first kappa shape index (κ1) is 45.6. The summed E-state index contributed by atoms with van der Waals surface area (Å²) in [5.41, 5.74) is -10.3. The number of aromatic nitrogens is 1. The van der Waals surface area contributed by atoms with E-state index >= 15 is 0 Å². The Morgan fingerprint density at radius 2 is 1.32 bits per heavy atom. The van der Waals surface area contributed by atoms with Gasteiger partial charge in [0.15, 0.2) is 30.0 Å². The molecule has 1 spiro atoms. The van der Waals surface area contributed by atoms with Crippen LogP contribution in [-0.4, -0.2) is 124 Å². The lowest BCUT2D eigenvalue weighted by molar-refractivity contribution is -0.386. The van der Waals surface area contributed by atoms with Crippen LogP contribution in [0.5, 0.6) is 0 Å². The van der Waals surface area contributed by atoms with Crippen LogP contribution < -0.4 is 0 Å². The second-order valence-corrected chi connectivity index (χ2v) is 16.5. The van der Waals surface area contributed by atoms with Gasteiger partial charge in [0.1, 0.15) is 42.0 Å². The van der Waals surface area contributed by atoms with Gasteiger partial charge in [0, 0.05) is 46.7 Å². The van der Waals surface area contributed by atoms with E-state index in [-0.39, 0.29) is 16.8 Å². The van der Waals surface area contributed by atoms with Crippen LogP contribution in [0.4, 0.5) is 0 Å². The lowest BCUT2D eigenvalue weighted by Gasteiger charge is -2.67. The van der Waals surface area contributed by atoms with Gasteiger partial charge < -0.3 is 47.7 Å². The quantitative estimate of drug-likeness (QED) is 0.295. The molecular formula is C43H49NO18. The summed E-state index contributed by atoms with van der Waals surface area (Å²) in [6, 6.07) is 10.4. The van der Waals surface area contributed by atoms with Crippen LogP contribution in [-0.2, 0) is 71.4 Å². The molecule has 2 aliphatic carbocycles. The lowest BCUT2D eigenvalue weighted by Crippen LogP contribution is -2.89. The molecule has 4 aliphatic rings. The maximum absolute atomic E-state index is 14.5. The van der Waals surface area contributed by atoms with E-state index in [4.69, 9.17) is 42.6 Å². The summed E-state index contributed by atoms with van der Waals surface area (Å²) in [6.07, 6.45) is -10.8. The van der Waals surface area contributed by atoms with Crippen molar-refractivity contribution in [3.05, 3.63) is 65.5 Å². The van der Waals surface area contributed by atoms with Crippen LogP contribution in [0, 0.1) is 17.3 Å². The molecule has 0 unspecified atom stereocenters. The number of aliphatic hydroxyl groups is 1. The van der Waals surface area contributed by atoms with Crippen molar-refractivity contribution < 1.29 is 86.1 Å². The molecule has 3 heterocycles. The number of pyridine rings is 1. The highest BCUT2D eigenvalue weighted by Crippen LogP contribution is 2.70. The van der Waals surface area contributed by atoms with E-state index in [0.717, 1.165) is 41.5 Å². The van der Waals surface area contributed by atoms with E-state index in [1.54, 1.807) is 25.1 Å². The molecule has 1 N–H and O–H groups in total. The predicted molar refractivity (Wildman–Crippen MR) is 205 cm³/mol. The topological polar surface area (TPSA) is 253 Å². The highest BCUT2D eigenvalue weighted by atomic mass is 16.7. The van der Waals surface area contributed by atoms with Crippen molar-refractivity contribution in [1.29, 1.82) is 0 Å². The van der Waals surface area contributed by atoms with Gasteiger partial charge in [-0.15, -0.1) is 0 Å². The van der Waals surface area contributed by atoms with Gasteiger partial charge in [0.05, 0.1) is 28.7 Å². The summed E-state index contributed by atoms with van der Waals surface area (Å²) in [5.74, 6) is -11.9. The smallest absolute Gasteiger partial charge is 0.340 e. The molecule has 4 bridgehead atoms. The number of hydrogen-bond donors (Lipinski definition) is 1. The van der Waals surface area contributed by atoms with Crippen LogP contribution >= 0.6 is 0 Å². The normalized spacial score (nSPS) is 36.0. The molecule has 2 saturated carbocycles. The molecule has 3 fully saturated rings. The van der Waals surface area contributed by atoms with Gasteiger partial charge in [-0.05, 0) is 38.1 Å². The molecule has 1 aromatic carbocycles. The molecule has 0 radical (unpaired) electrons. The fourth-order valence-electron chi connectivity index (χ4n) is 9.82. The van der Waals surface area contributed by atoms with Gasteiger partial charge in [0.2, 0.25) is 0 Å². The Labute approximate surface area is 355 Å². The minimum atomic E-state index is -2.85. The second kappa shape index (κ2) is 16.7. The van der Waals surface area contributed by atoms with Crippen LogP contribution in [0.1, 0.15) is 94.6 Å². The fraction of sp³-hybridized carbons (Fsp3) is 0.558. The molecule has 1 saturated heterocycles. The number of cyclic esters (lactones) is 1. The number of rotatable bonds is 8. The second-order valence-electron chi connectivity index (χ2n) is 16.5. The molecule has 6 rings (SSSR count). The average molecular weight is 868 g/mol. The Hall–Kier alpha value is -5.95. The van der Waals surface area contributed by atoms with Crippen molar-refractivity contribution in [2.45, 2.75) is 122 Å². The molecule has 19 heteroatoms. The molecule has 334 valence electrons. The zero-order valence-corrected chi connectivity index (χ0v) is 35.6. The first-order chi connectivity index (χ1) is 29.0. The predicted octanol–water partition coefficient (Wildman–Crippen LogP) is 2.33. The zero-order chi connectivity index (χ0) is 45.7. The van der Waals surface area contributed by atoms with Crippen LogP contribution in [0.15, 0.2) is 48.7 Å². The number of fused-ring (bicyclic) bond motifs is 5. The Kier molecular flexibility index (Phi) is 12.3. The number of carbonyl (C=O) groups excluding carboxylic acids is 8. The highest BCUT2D eigenvalue weighted by Gasteiger charge is 2.92. The maximum Gasteiger partial charge on any atom is 0.340 e. The van der Waals surface area contributed by atoms with Crippen molar-refractivity contribution in [3.63, 3.8) is 0 Å². The first-order valence-electron chi connectivity index (χ1n) is 19.9. The number of esters is 8. The third-order valence-corrected chi connectivity index (χ3v) is 12.4. The Morgan fingerprint density at radius 3 is 1.90 bits per heavy atom.